The molecule has 0 saturated carbocycles. The topological polar surface area (TPSA) is 66.4 Å². The molecule has 6 nitrogen and oxygen atoms in total. The molecule has 0 unspecified atom stereocenters. The molecule has 1 fully saturated rings. The number of aromatic nitrogens is 2. The van der Waals surface area contributed by atoms with E-state index in [9.17, 15) is 8.42 Å². The van der Waals surface area contributed by atoms with Gasteiger partial charge in [0.05, 0.1) is 18.5 Å². The Morgan fingerprint density at radius 2 is 1.75 bits per heavy atom. The number of hydrogen-bond acceptors (Lipinski definition) is 5. The highest BCUT2D eigenvalue weighted by atomic mass is 32.2. The van der Waals surface area contributed by atoms with Gasteiger partial charge in [0.25, 0.3) is 0 Å². The lowest BCUT2D eigenvalue weighted by atomic mass is 10.1. The van der Waals surface area contributed by atoms with E-state index in [-0.39, 0.29) is 0 Å². The molecule has 0 atom stereocenters. The number of piperazine rings is 1. The molecule has 1 aromatic carbocycles. The summed E-state index contributed by atoms with van der Waals surface area (Å²) in [6.45, 7) is 5.09. The number of nitrogens with zero attached hydrogens (tertiary/aromatic N) is 4. The minimum absolute atomic E-state index is 0.524. The molecule has 1 saturated heterocycles. The molecule has 2 heterocycles. The molecular weight excluding hydrogens is 324 g/mol. The molecule has 0 spiro atoms. The zero-order valence-corrected chi connectivity index (χ0v) is 14.8. The molecule has 1 aromatic heterocycles. The van der Waals surface area contributed by atoms with E-state index in [1.54, 1.807) is 0 Å². The van der Waals surface area contributed by atoms with E-state index in [0.29, 0.717) is 32.7 Å². The van der Waals surface area contributed by atoms with Crippen LogP contribution in [0.2, 0.25) is 0 Å². The Kier molecular flexibility index (Phi) is 4.93. The maximum absolute atomic E-state index is 11.6. The maximum atomic E-state index is 11.6. The summed E-state index contributed by atoms with van der Waals surface area (Å²) in [6.07, 6.45) is 3.12. The van der Waals surface area contributed by atoms with Crippen LogP contribution in [0.4, 0.5) is 0 Å². The second-order valence-corrected chi connectivity index (χ2v) is 8.10. The fourth-order valence-electron chi connectivity index (χ4n) is 2.86. The Morgan fingerprint density at radius 3 is 2.38 bits per heavy atom. The van der Waals surface area contributed by atoms with Crippen molar-refractivity contribution in [2.75, 3.05) is 32.4 Å². The van der Waals surface area contributed by atoms with Gasteiger partial charge in [0.1, 0.15) is 5.82 Å². The third-order valence-electron chi connectivity index (χ3n) is 4.23. The van der Waals surface area contributed by atoms with Gasteiger partial charge < -0.3 is 0 Å². The lowest BCUT2D eigenvalue weighted by Gasteiger charge is -2.32. The summed E-state index contributed by atoms with van der Waals surface area (Å²) in [5, 5.41) is 0. The predicted molar refractivity (Wildman–Crippen MR) is 93.9 cm³/mol. The van der Waals surface area contributed by atoms with Gasteiger partial charge in [0.15, 0.2) is 0 Å². The SMILES string of the molecule is Cc1cnc(CN2CCN(S(C)(=O)=O)CC2)nc1-c1ccccc1. The highest BCUT2D eigenvalue weighted by molar-refractivity contribution is 7.88. The number of sulfonamides is 1. The minimum Gasteiger partial charge on any atom is -0.293 e. The Morgan fingerprint density at radius 1 is 1.08 bits per heavy atom. The third kappa shape index (κ3) is 3.98. The van der Waals surface area contributed by atoms with Crippen LogP contribution in [-0.4, -0.2) is 60.0 Å². The molecule has 3 rings (SSSR count). The van der Waals surface area contributed by atoms with Crippen molar-refractivity contribution in [1.82, 2.24) is 19.2 Å². The van der Waals surface area contributed by atoms with E-state index in [0.717, 1.165) is 22.6 Å². The van der Waals surface area contributed by atoms with Crippen molar-refractivity contribution in [2.45, 2.75) is 13.5 Å². The van der Waals surface area contributed by atoms with Crippen molar-refractivity contribution >= 4 is 10.0 Å². The second-order valence-electron chi connectivity index (χ2n) is 6.12. The van der Waals surface area contributed by atoms with Crippen molar-refractivity contribution < 1.29 is 8.42 Å². The molecule has 128 valence electrons. The number of aryl methyl sites for hydroxylation is 1. The van der Waals surface area contributed by atoms with E-state index in [2.05, 4.69) is 9.88 Å². The maximum Gasteiger partial charge on any atom is 0.211 e. The largest absolute Gasteiger partial charge is 0.293 e. The Labute approximate surface area is 143 Å². The molecule has 0 radical (unpaired) electrons. The van der Waals surface area contributed by atoms with Crippen molar-refractivity contribution in [3.8, 4) is 11.3 Å². The highest BCUT2D eigenvalue weighted by Crippen LogP contribution is 2.20. The van der Waals surface area contributed by atoms with E-state index in [4.69, 9.17) is 4.98 Å². The van der Waals surface area contributed by atoms with Gasteiger partial charge in [-0.15, -0.1) is 0 Å². The van der Waals surface area contributed by atoms with Gasteiger partial charge in [-0.25, -0.2) is 18.4 Å². The Hall–Kier alpha value is -1.83. The van der Waals surface area contributed by atoms with Crippen molar-refractivity contribution in [2.24, 2.45) is 0 Å². The van der Waals surface area contributed by atoms with Crippen LogP contribution in [-0.2, 0) is 16.6 Å². The lowest BCUT2D eigenvalue weighted by Crippen LogP contribution is -2.48. The Balaban J connectivity index is 1.71. The summed E-state index contributed by atoms with van der Waals surface area (Å²) in [7, 11) is -3.10. The molecule has 0 N–H and O–H groups in total. The predicted octanol–water partition coefficient (Wildman–Crippen LogP) is 1.53. The lowest BCUT2D eigenvalue weighted by molar-refractivity contribution is 0.178. The quantitative estimate of drug-likeness (QED) is 0.840. The summed E-state index contributed by atoms with van der Waals surface area (Å²) in [5.74, 6) is 0.771. The molecule has 7 heteroatoms. The van der Waals surface area contributed by atoms with Crippen LogP contribution < -0.4 is 0 Å². The van der Waals surface area contributed by atoms with Crippen LogP contribution in [0.25, 0.3) is 11.3 Å². The molecule has 2 aromatic rings. The monoisotopic (exact) mass is 346 g/mol. The molecular formula is C17H22N4O2S. The van der Waals surface area contributed by atoms with Gasteiger partial charge in [0.2, 0.25) is 10.0 Å². The summed E-state index contributed by atoms with van der Waals surface area (Å²) < 4.78 is 24.7. The minimum atomic E-state index is -3.10. The first kappa shape index (κ1) is 17.0. The molecule has 24 heavy (non-hydrogen) atoms. The standard InChI is InChI=1S/C17H22N4O2S/c1-14-12-18-16(19-17(14)15-6-4-3-5-7-15)13-20-8-10-21(11-9-20)24(2,22)23/h3-7,12H,8-11,13H2,1-2H3. The molecule has 0 bridgehead atoms. The van der Waals surface area contributed by atoms with Gasteiger partial charge in [-0.1, -0.05) is 30.3 Å². The van der Waals surface area contributed by atoms with E-state index in [1.165, 1.54) is 10.6 Å². The van der Waals surface area contributed by atoms with Crippen molar-refractivity contribution in [3.05, 3.63) is 47.9 Å². The molecule has 1 aliphatic heterocycles. The fourth-order valence-corrected chi connectivity index (χ4v) is 3.69. The molecule has 0 amide bonds. The average molecular weight is 346 g/mol. The van der Waals surface area contributed by atoms with Gasteiger partial charge in [-0.3, -0.25) is 4.90 Å². The van der Waals surface area contributed by atoms with Crippen LogP contribution in [0.1, 0.15) is 11.4 Å². The van der Waals surface area contributed by atoms with Crippen molar-refractivity contribution in [3.63, 3.8) is 0 Å². The zero-order chi connectivity index (χ0) is 17.2. The van der Waals surface area contributed by atoms with Crippen LogP contribution in [0.3, 0.4) is 0 Å². The van der Waals surface area contributed by atoms with Gasteiger partial charge in [0, 0.05) is 37.9 Å². The van der Waals surface area contributed by atoms with Crippen LogP contribution >= 0.6 is 0 Å². The first-order chi connectivity index (χ1) is 11.4. The van der Waals surface area contributed by atoms with E-state index in [1.807, 2.05) is 43.5 Å². The Bertz CT molecular complexity index is 801. The number of rotatable bonds is 4. The fraction of sp³-hybridized carbons (Fsp3) is 0.412. The van der Waals surface area contributed by atoms with E-state index >= 15 is 0 Å². The number of hydrogen-bond donors (Lipinski definition) is 0. The van der Waals surface area contributed by atoms with Gasteiger partial charge >= 0.3 is 0 Å². The summed E-state index contributed by atoms with van der Waals surface area (Å²) in [4.78, 5) is 11.4. The third-order valence-corrected chi connectivity index (χ3v) is 5.54. The van der Waals surface area contributed by atoms with Crippen LogP contribution in [0.15, 0.2) is 36.5 Å². The van der Waals surface area contributed by atoms with Gasteiger partial charge in [-0.05, 0) is 12.5 Å². The molecule has 0 aliphatic carbocycles. The van der Waals surface area contributed by atoms with Crippen LogP contribution in [0, 0.1) is 6.92 Å². The van der Waals surface area contributed by atoms with Crippen LogP contribution in [0.5, 0.6) is 0 Å². The summed E-state index contributed by atoms with van der Waals surface area (Å²) >= 11 is 0. The normalized spacial score (nSPS) is 17.1. The smallest absolute Gasteiger partial charge is 0.211 e. The summed E-state index contributed by atoms with van der Waals surface area (Å²) in [6, 6.07) is 10.1. The van der Waals surface area contributed by atoms with E-state index < -0.39 is 10.0 Å². The molecule has 1 aliphatic rings. The highest BCUT2D eigenvalue weighted by Gasteiger charge is 2.23. The zero-order valence-electron chi connectivity index (χ0n) is 14.0. The first-order valence-electron chi connectivity index (χ1n) is 7.99. The van der Waals surface area contributed by atoms with Crippen molar-refractivity contribution in [1.29, 1.82) is 0 Å². The summed E-state index contributed by atoms with van der Waals surface area (Å²) in [5.41, 5.74) is 3.09. The number of benzene rings is 1. The van der Waals surface area contributed by atoms with Gasteiger partial charge in [-0.2, -0.15) is 4.31 Å². The first-order valence-corrected chi connectivity index (χ1v) is 9.84. The average Bonchev–Trinajstić information content (AvgIpc) is 2.57. The second kappa shape index (κ2) is 6.96.